The molecule has 82 valence electrons. The molecule has 1 saturated carbocycles. The molecular weight excluding hydrogens is 208 g/mol. The molecule has 0 radical (unpaired) electrons. The van der Waals surface area contributed by atoms with Crippen LogP contribution in [0.15, 0.2) is 0 Å². The van der Waals surface area contributed by atoms with Crippen LogP contribution in [0.25, 0.3) is 0 Å². The van der Waals surface area contributed by atoms with Gasteiger partial charge in [0, 0.05) is 6.04 Å². The highest BCUT2D eigenvalue weighted by molar-refractivity contribution is 7.89. The Kier molecular flexibility index (Phi) is 3.46. The quantitative estimate of drug-likeness (QED) is 0.527. The van der Waals surface area contributed by atoms with Crippen LogP contribution in [0, 0.1) is 0 Å². The smallest absolute Gasteiger partial charge is 0.320 e. The molecule has 7 heteroatoms. The van der Waals surface area contributed by atoms with Crippen LogP contribution in [0.2, 0.25) is 0 Å². The van der Waals surface area contributed by atoms with Gasteiger partial charge in [-0.2, -0.15) is 0 Å². The van der Waals surface area contributed by atoms with E-state index >= 15 is 0 Å². The van der Waals surface area contributed by atoms with Gasteiger partial charge in [0.05, 0.1) is 5.75 Å². The van der Waals surface area contributed by atoms with Crippen molar-refractivity contribution in [2.75, 3.05) is 5.75 Å². The van der Waals surface area contributed by atoms with Crippen molar-refractivity contribution in [3.63, 3.8) is 0 Å². The molecule has 14 heavy (non-hydrogen) atoms. The van der Waals surface area contributed by atoms with Gasteiger partial charge in [-0.15, -0.1) is 0 Å². The summed E-state index contributed by atoms with van der Waals surface area (Å²) in [7, 11) is -3.34. The molecule has 0 aromatic carbocycles. The first-order valence-electron chi connectivity index (χ1n) is 4.39. The number of sulfonamides is 1. The molecule has 1 aliphatic rings. The number of carboxylic acids is 1. The van der Waals surface area contributed by atoms with Crippen LogP contribution in [0.4, 0.5) is 0 Å². The average Bonchev–Trinajstić information content (AvgIpc) is 2.83. The van der Waals surface area contributed by atoms with E-state index in [2.05, 4.69) is 4.72 Å². The fourth-order valence-corrected chi connectivity index (χ4v) is 2.35. The second-order valence-corrected chi connectivity index (χ2v) is 5.32. The third-order valence-corrected chi connectivity index (χ3v) is 3.40. The van der Waals surface area contributed by atoms with E-state index in [-0.39, 0.29) is 18.2 Å². The number of nitrogens with two attached hydrogens (primary N) is 1. The summed E-state index contributed by atoms with van der Waals surface area (Å²) in [5, 5.41) is 8.43. The van der Waals surface area contributed by atoms with E-state index in [4.69, 9.17) is 10.8 Å². The Bertz CT molecular complexity index is 310. The number of hydrogen-bond donors (Lipinski definition) is 3. The zero-order valence-corrected chi connectivity index (χ0v) is 8.46. The number of carbonyl (C=O) groups is 1. The lowest BCUT2D eigenvalue weighted by atomic mass is 10.2. The van der Waals surface area contributed by atoms with Crippen molar-refractivity contribution in [3.05, 3.63) is 0 Å². The van der Waals surface area contributed by atoms with E-state index in [0.717, 1.165) is 12.8 Å². The summed E-state index contributed by atoms with van der Waals surface area (Å²) in [5.74, 6) is -1.40. The van der Waals surface area contributed by atoms with Gasteiger partial charge in [0.25, 0.3) is 0 Å². The Balaban J connectivity index is 2.31. The summed E-state index contributed by atoms with van der Waals surface area (Å²) >= 11 is 0. The zero-order valence-electron chi connectivity index (χ0n) is 7.64. The number of hydrogen-bond acceptors (Lipinski definition) is 4. The summed E-state index contributed by atoms with van der Waals surface area (Å²) in [5.41, 5.74) is 5.18. The second-order valence-electron chi connectivity index (χ2n) is 3.44. The molecule has 0 aromatic heterocycles. The lowest BCUT2D eigenvalue weighted by molar-refractivity contribution is -0.138. The molecule has 1 aliphatic carbocycles. The van der Waals surface area contributed by atoms with Crippen molar-refractivity contribution in [1.82, 2.24) is 4.72 Å². The molecular formula is C7H14N2O4S. The maximum absolute atomic E-state index is 11.2. The molecule has 4 N–H and O–H groups in total. The predicted molar refractivity (Wildman–Crippen MR) is 50.2 cm³/mol. The Morgan fingerprint density at radius 1 is 1.57 bits per heavy atom. The highest BCUT2D eigenvalue weighted by Gasteiger charge is 2.27. The number of carboxylic acid groups (broad SMARTS) is 1. The van der Waals surface area contributed by atoms with Gasteiger partial charge in [0.2, 0.25) is 10.0 Å². The lowest BCUT2D eigenvalue weighted by Crippen LogP contribution is -2.35. The molecule has 0 aliphatic heterocycles. The maximum atomic E-state index is 11.2. The summed E-state index contributed by atoms with van der Waals surface area (Å²) in [4.78, 5) is 10.3. The van der Waals surface area contributed by atoms with Gasteiger partial charge in [0.15, 0.2) is 0 Å². The van der Waals surface area contributed by atoms with Crippen LogP contribution in [0.1, 0.15) is 19.3 Å². The minimum absolute atomic E-state index is 0.0565. The fourth-order valence-electron chi connectivity index (χ4n) is 0.920. The van der Waals surface area contributed by atoms with Gasteiger partial charge in [-0.1, -0.05) is 0 Å². The van der Waals surface area contributed by atoms with Crippen molar-refractivity contribution in [1.29, 1.82) is 0 Å². The number of aliphatic carboxylic acids is 1. The van der Waals surface area contributed by atoms with E-state index in [1.807, 2.05) is 0 Å². The fraction of sp³-hybridized carbons (Fsp3) is 0.857. The van der Waals surface area contributed by atoms with Crippen molar-refractivity contribution >= 4 is 16.0 Å². The summed E-state index contributed by atoms with van der Waals surface area (Å²) in [6.07, 6.45) is 1.67. The number of rotatable bonds is 6. The Labute approximate surface area is 82.5 Å². The number of nitrogens with one attached hydrogen (secondary N) is 1. The lowest BCUT2D eigenvalue weighted by Gasteiger charge is -2.07. The van der Waals surface area contributed by atoms with Gasteiger partial charge in [-0.05, 0) is 19.3 Å². The van der Waals surface area contributed by atoms with Crippen molar-refractivity contribution < 1.29 is 18.3 Å². The van der Waals surface area contributed by atoms with Gasteiger partial charge in [-0.25, -0.2) is 13.1 Å². The van der Waals surface area contributed by atoms with E-state index in [1.54, 1.807) is 0 Å². The third-order valence-electron chi connectivity index (χ3n) is 1.94. The van der Waals surface area contributed by atoms with E-state index in [1.165, 1.54) is 0 Å². The Morgan fingerprint density at radius 3 is 2.57 bits per heavy atom. The standard InChI is InChI=1S/C7H14N2O4S/c8-6(7(10)11)3-4-14(12,13)9-5-1-2-5/h5-6,9H,1-4,8H2,(H,10,11)/t6-/m0/s1. The van der Waals surface area contributed by atoms with Crippen molar-refractivity contribution in [3.8, 4) is 0 Å². The third kappa shape index (κ3) is 4.03. The van der Waals surface area contributed by atoms with Crippen molar-refractivity contribution in [2.24, 2.45) is 5.73 Å². The van der Waals surface area contributed by atoms with Gasteiger partial charge >= 0.3 is 5.97 Å². The highest BCUT2D eigenvalue weighted by Crippen LogP contribution is 2.19. The molecule has 1 fully saturated rings. The minimum Gasteiger partial charge on any atom is -0.480 e. The summed E-state index contributed by atoms with van der Waals surface area (Å²) in [6, 6.07) is -1.05. The van der Waals surface area contributed by atoms with Gasteiger partial charge in [-0.3, -0.25) is 4.79 Å². The summed E-state index contributed by atoms with van der Waals surface area (Å²) < 4.78 is 24.9. The largest absolute Gasteiger partial charge is 0.480 e. The first-order valence-corrected chi connectivity index (χ1v) is 6.04. The van der Waals surface area contributed by atoms with Crippen LogP contribution in [-0.2, 0) is 14.8 Å². The molecule has 0 bridgehead atoms. The average molecular weight is 222 g/mol. The summed E-state index contributed by atoms with van der Waals surface area (Å²) in [6.45, 7) is 0. The van der Waals surface area contributed by atoms with E-state index in [0.29, 0.717) is 0 Å². The zero-order chi connectivity index (χ0) is 10.8. The first-order chi connectivity index (χ1) is 6.41. The Hall–Kier alpha value is -0.660. The van der Waals surface area contributed by atoms with Crippen molar-refractivity contribution in [2.45, 2.75) is 31.3 Å². The predicted octanol–water partition coefficient (Wildman–Crippen LogP) is -1.13. The molecule has 1 atom stereocenters. The molecule has 0 saturated heterocycles. The van der Waals surface area contributed by atoms with Gasteiger partial charge < -0.3 is 10.8 Å². The highest BCUT2D eigenvalue weighted by atomic mass is 32.2. The monoisotopic (exact) mass is 222 g/mol. The van der Waals surface area contributed by atoms with E-state index < -0.39 is 22.0 Å². The molecule has 0 spiro atoms. The second kappa shape index (κ2) is 4.24. The van der Waals surface area contributed by atoms with Gasteiger partial charge in [0.1, 0.15) is 6.04 Å². The van der Waals surface area contributed by atoms with Crippen LogP contribution < -0.4 is 10.5 Å². The van der Waals surface area contributed by atoms with Crippen LogP contribution in [0.5, 0.6) is 0 Å². The SMILES string of the molecule is N[C@@H](CCS(=O)(=O)NC1CC1)C(=O)O. The van der Waals surface area contributed by atoms with E-state index in [9.17, 15) is 13.2 Å². The molecule has 6 nitrogen and oxygen atoms in total. The molecule has 0 amide bonds. The molecule has 0 heterocycles. The molecule has 1 rings (SSSR count). The minimum atomic E-state index is -3.34. The topological polar surface area (TPSA) is 109 Å². The first kappa shape index (κ1) is 11.4. The molecule has 0 aromatic rings. The normalized spacial score (nSPS) is 19.2. The maximum Gasteiger partial charge on any atom is 0.320 e. The van der Waals surface area contributed by atoms with Crippen LogP contribution >= 0.6 is 0 Å². The van der Waals surface area contributed by atoms with Crippen LogP contribution in [-0.4, -0.2) is 37.3 Å². The van der Waals surface area contributed by atoms with Crippen LogP contribution in [0.3, 0.4) is 0 Å². The molecule has 0 unspecified atom stereocenters. The Morgan fingerprint density at radius 2 is 2.14 bits per heavy atom.